The van der Waals surface area contributed by atoms with Crippen molar-refractivity contribution in [2.45, 2.75) is 12.5 Å². The minimum absolute atomic E-state index is 0.132. The standard InChI is InChI=1S/C8H16N2/c1-4-8(2)7-10(3)6-5-9-8/h4,9H,1,5-7H2,2-3H3/t8-/m1/s1. The van der Waals surface area contributed by atoms with Crippen molar-refractivity contribution in [3.8, 4) is 0 Å². The van der Waals surface area contributed by atoms with Crippen LogP contribution in [-0.2, 0) is 0 Å². The molecule has 0 aromatic rings. The van der Waals surface area contributed by atoms with Gasteiger partial charge in [0.1, 0.15) is 0 Å². The molecule has 2 nitrogen and oxygen atoms in total. The molecule has 0 aromatic heterocycles. The number of nitrogens with zero attached hydrogens (tertiary/aromatic N) is 1. The van der Waals surface area contributed by atoms with Gasteiger partial charge in [0, 0.05) is 25.2 Å². The second kappa shape index (κ2) is 2.72. The third kappa shape index (κ3) is 1.58. The molecule has 2 heteroatoms. The van der Waals surface area contributed by atoms with Crippen LogP contribution in [0.15, 0.2) is 12.7 Å². The Kier molecular flexibility index (Phi) is 2.11. The van der Waals surface area contributed by atoms with E-state index >= 15 is 0 Å². The van der Waals surface area contributed by atoms with Gasteiger partial charge in [0.2, 0.25) is 0 Å². The second-order valence-corrected chi connectivity index (χ2v) is 3.29. The van der Waals surface area contributed by atoms with Crippen LogP contribution in [0.4, 0.5) is 0 Å². The molecule has 58 valence electrons. The maximum atomic E-state index is 3.80. The van der Waals surface area contributed by atoms with Crippen molar-refractivity contribution in [2.75, 3.05) is 26.7 Å². The van der Waals surface area contributed by atoms with E-state index in [9.17, 15) is 0 Å². The molecule has 0 aromatic carbocycles. The van der Waals surface area contributed by atoms with Gasteiger partial charge < -0.3 is 10.2 Å². The molecule has 1 heterocycles. The van der Waals surface area contributed by atoms with Crippen LogP contribution in [0.3, 0.4) is 0 Å². The smallest absolute Gasteiger partial charge is 0.0462 e. The fourth-order valence-electron chi connectivity index (χ4n) is 1.36. The Hall–Kier alpha value is -0.340. The highest BCUT2D eigenvalue weighted by Crippen LogP contribution is 2.09. The minimum atomic E-state index is 0.132. The van der Waals surface area contributed by atoms with E-state index in [1.54, 1.807) is 0 Å². The van der Waals surface area contributed by atoms with Crippen LogP contribution in [0.1, 0.15) is 6.92 Å². The molecule has 0 amide bonds. The Morgan fingerprint density at radius 3 is 2.80 bits per heavy atom. The normalized spacial score (nSPS) is 35.8. The predicted molar refractivity (Wildman–Crippen MR) is 44.1 cm³/mol. The fraction of sp³-hybridized carbons (Fsp3) is 0.750. The highest BCUT2D eigenvalue weighted by atomic mass is 15.2. The molecule has 0 radical (unpaired) electrons. The second-order valence-electron chi connectivity index (χ2n) is 3.29. The van der Waals surface area contributed by atoms with E-state index in [0.29, 0.717) is 0 Å². The summed E-state index contributed by atoms with van der Waals surface area (Å²) in [5.74, 6) is 0. The van der Waals surface area contributed by atoms with Gasteiger partial charge in [-0.15, -0.1) is 6.58 Å². The van der Waals surface area contributed by atoms with Gasteiger partial charge in [0.15, 0.2) is 0 Å². The van der Waals surface area contributed by atoms with Gasteiger partial charge in [0.05, 0.1) is 0 Å². The first-order chi connectivity index (χ1) is 4.66. The average molecular weight is 140 g/mol. The van der Waals surface area contributed by atoms with E-state index in [1.807, 2.05) is 6.08 Å². The zero-order valence-corrected chi connectivity index (χ0v) is 6.85. The van der Waals surface area contributed by atoms with E-state index in [4.69, 9.17) is 0 Å². The van der Waals surface area contributed by atoms with Crippen LogP contribution in [0, 0.1) is 0 Å². The van der Waals surface area contributed by atoms with Gasteiger partial charge in [-0.25, -0.2) is 0 Å². The van der Waals surface area contributed by atoms with Crippen molar-refractivity contribution < 1.29 is 0 Å². The summed E-state index contributed by atoms with van der Waals surface area (Å²) in [4.78, 5) is 2.32. The molecule has 10 heavy (non-hydrogen) atoms. The SMILES string of the molecule is C=C[C@]1(C)CN(C)CCN1. The molecule has 1 rings (SSSR count). The van der Waals surface area contributed by atoms with Crippen LogP contribution >= 0.6 is 0 Å². The zero-order chi connectivity index (χ0) is 7.61. The van der Waals surface area contributed by atoms with Crippen molar-refractivity contribution in [2.24, 2.45) is 0 Å². The van der Waals surface area contributed by atoms with Gasteiger partial charge in [-0.3, -0.25) is 0 Å². The highest BCUT2D eigenvalue weighted by molar-refractivity contribution is 5.03. The van der Waals surface area contributed by atoms with Crippen LogP contribution < -0.4 is 5.32 Å². The van der Waals surface area contributed by atoms with Crippen molar-refractivity contribution in [1.82, 2.24) is 10.2 Å². The van der Waals surface area contributed by atoms with Crippen LogP contribution in [0.2, 0.25) is 0 Å². The molecule has 1 saturated heterocycles. The summed E-state index contributed by atoms with van der Waals surface area (Å²) in [7, 11) is 2.14. The van der Waals surface area contributed by atoms with Gasteiger partial charge >= 0.3 is 0 Å². The molecule has 1 fully saturated rings. The molecule has 0 spiro atoms. The first kappa shape index (κ1) is 7.76. The largest absolute Gasteiger partial charge is 0.306 e. The van der Waals surface area contributed by atoms with E-state index < -0.39 is 0 Å². The Morgan fingerprint density at radius 2 is 2.40 bits per heavy atom. The lowest BCUT2D eigenvalue weighted by Crippen LogP contribution is -2.56. The van der Waals surface area contributed by atoms with E-state index in [2.05, 4.69) is 30.8 Å². The van der Waals surface area contributed by atoms with Gasteiger partial charge in [-0.2, -0.15) is 0 Å². The summed E-state index contributed by atoms with van der Waals surface area (Å²) in [6, 6.07) is 0. The molecule has 1 atom stereocenters. The first-order valence-corrected chi connectivity index (χ1v) is 3.73. The molecular weight excluding hydrogens is 124 g/mol. The van der Waals surface area contributed by atoms with Gasteiger partial charge in [-0.1, -0.05) is 6.08 Å². The van der Waals surface area contributed by atoms with E-state index in [1.165, 1.54) is 0 Å². The molecule has 0 saturated carbocycles. The van der Waals surface area contributed by atoms with Crippen LogP contribution in [0.5, 0.6) is 0 Å². The van der Waals surface area contributed by atoms with Crippen molar-refractivity contribution in [3.05, 3.63) is 12.7 Å². The van der Waals surface area contributed by atoms with Crippen LogP contribution in [-0.4, -0.2) is 37.1 Å². The van der Waals surface area contributed by atoms with E-state index in [0.717, 1.165) is 19.6 Å². The van der Waals surface area contributed by atoms with Gasteiger partial charge in [-0.05, 0) is 14.0 Å². The molecule has 1 aliphatic heterocycles. The molecule has 1 N–H and O–H groups in total. The summed E-state index contributed by atoms with van der Waals surface area (Å²) in [5.41, 5.74) is 0.132. The zero-order valence-electron chi connectivity index (χ0n) is 6.85. The average Bonchev–Trinajstić information content (AvgIpc) is 1.88. The minimum Gasteiger partial charge on any atom is -0.306 e. The monoisotopic (exact) mass is 140 g/mol. The van der Waals surface area contributed by atoms with E-state index in [-0.39, 0.29) is 5.54 Å². The molecule has 0 aliphatic carbocycles. The Labute approximate surface area is 62.9 Å². The third-order valence-electron chi connectivity index (χ3n) is 2.07. The lowest BCUT2D eigenvalue weighted by molar-refractivity contribution is 0.205. The molecule has 0 bridgehead atoms. The number of nitrogens with one attached hydrogen (secondary N) is 1. The molecular formula is C8H16N2. The Balaban J connectivity index is 2.53. The predicted octanol–water partition coefficient (Wildman–Crippen LogP) is 0.466. The number of piperazine rings is 1. The number of hydrogen-bond donors (Lipinski definition) is 1. The summed E-state index contributed by atoms with van der Waals surface area (Å²) >= 11 is 0. The summed E-state index contributed by atoms with van der Waals surface area (Å²) in [6.07, 6.45) is 1.99. The number of rotatable bonds is 1. The lowest BCUT2D eigenvalue weighted by Gasteiger charge is -2.37. The highest BCUT2D eigenvalue weighted by Gasteiger charge is 2.24. The maximum Gasteiger partial charge on any atom is 0.0462 e. The maximum absolute atomic E-state index is 3.80. The quantitative estimate of drug-likeness (QED) is 0.532. The Morgan fingerprint density at radius 1 is 1.70 bits per heavy atom. The van der Waals surface area contributed by atoms with Crippen LogP contribution in [0.25, 0.3) is 0 Å². The molecule has 0 unspecified atom stereocenters. The summed E-state index contributed by atoms with van der Waals surface area (Å²) < 4.78 is 0. The number of hydrogen-bond acceptors (Lipinski definition) is 2. The van der Waals surface area contributed by atoms with Crippen molar-refractivity contribution in [1.29, 1.82) is 0 Å². The van der Waals surface area contributed by atoms with Crippen molar-refractivity contribution in [3.63, 3.8) is 0 Å². The summed E-state index contributed by atoms with van der Waals surface area (Å²) in [5, 5.41) is 3.42. The lowest BCUT2D eigenvalue weighted by atomic mass is 10.0. The fourth-order valence-corrected chi connectivity index (χ4v) is 1.36. The number of likely N-dealkylation sites (N-methyl/N-ethyl adjacent to an activating group) is 1. The molecule has 1 aliphatic rings. The van der Waals surface area contributed by atoms with Crippen molar-refractivity contribution >= 4 is 0 Å². The Bertz CT molecular complexity index is 133. The first-order valence-electron chi connectivity index (χ1n) is 3.73. The van der Waals surface area contributed by atoms with Gasteiger partial charge in [0.25, 0.3) is 0 Å². The third-order valence-corrected chi connectivity index (χ3v) is 2.07. The summed E-state index contributed by atoms with van der Waals surface area (Å²) in [6.45, 7) is 9.25. The topological polar surface area (TPSA) is 15.3 Å².